The molecule has 0 atom stereocenters. The maximum absolute atomic E-state index is 12.0. The zero-order valence-corrected chi connectivity index (χ0v) is 13.4. The number of aromatic nitrogens is 1. The number of amides is 1. The van der Waals surface area contributed by atoms with E-state index >= 15 is 0 Å². The molecule has 0 bridgehead atoms. The standard InChI is InChI=1S/C13H13N5O5S/c1-6-11(24-13(14)16-6)12(20)17-15-5-7-3-8(18(21)22)4-9(23-2)10(7)19/h3-5,19H,1-2H3,(H2,14,16)(H,17,20)/p-1/b15-5-. The number of nitrogens with one attached hydrogen (secondary N) is 1. The minimum absolute atomic E-state index is 0.0955. The molecule has 0 aliphatic heterocycles. The van der Waals surface area contributed by atoms with Crippen LogP contribution in [0.15, 0.2) is 17.2 Å². The Balaban J connectivity index is 2.22. The summed E-state index contributed by atoms with van der Waals surface area (Å²) in [5.41, 5.74) is 7.74. The number of methoxy groups -OCH3 is 1. The van der Waals surface area contributed by atoms with Crippen LogP contribution in [0.5, 0.6) is 11.5 Å². The number of ether oxygens (including phenoxy) is 1. The number of benzene rings is 1. The van der Waals surface area contributed by atoms with Crippen LogP contribution >= 0.6 is 11.3 Å². The van der Waals surface area contributed by atoms with Crippen LogP contribution in [0.3, 0.4) is 0 Å². The molecule has 10 nitrogen and oxygen atoms in total. The van der Waals surface area contributed by atoms with Crippen LogP contribution in [0.1, 0.15) is 20.9 Å². The van der Waals surface area contributed by atoms with E-state index in [1.54, 1.807) is 6.92 Å². The van der Waals surface area contributed by atoms with Gasteiger partial charge in [0.2, 0.25) is 0 Å². The highest BCUT2D eigenvalue weighted by molar-refractivity contribution is 7.17. The number of non-ortho nitro benzene ring substituents is 1. The van der Waals surface area contributed by atoms with Gasteiger partial charge in [-0.3, -0.25) is 14.9 Å². The van der Waals surface area contributed by atoms with Crippen molar-refractivity contribution in [3.8, 4) is 11.5 Å². The summed E-state index contributed by atoms with van der Waals surface area (Å²) in [6.45, 7) is 1.62. The SMILES string of the molecule is COc1cc([N+](=O)[O-])cc(/C=N\NC(=O)c2sc(N)nc2C)c1[O-]. The van der Waals surface area contributed by atoms with E-state index in [1.165, 1.54) is 7.11 Å². The second-order valence-corrected chi connectivity index (χ2v) is 5.52. The average Bonchev–Trinajstić information content (AvgIpc) is 2.87. The van der Waals surface area contributed by atoms with Crippen molar-refractivity contribution in [1.29, 1.82) is 0 Å². The van der Waals surface area contributed by atoms with Crippen LogP contribution < -0.4 is 21.0 Å². The maximum atomic E-state index is 12.0. The zero-order valence-electron chi connectivity index (χ0n) is 12.6. The summed E-state index contributed by atoms with van der Waals surface area (Å²) in [7, 11) is 1.22. The summed E-state index contributed by atoms with van der Waals surface area (Å²) >= 11 is 0.994. The van der Waals surface area contributed by atoms with Crippen molar-refractivity contribution in [3.05, 3.63) is 38.4 Å². The first-order valence-electron chi connectivity index (χ1n) is 6.43. The van der Waals surface area contributed by atoms with Gasteiger partial charge in [-0.1, -0.05) is 17.1 Å². The van der Waals surface area contributed by atoms with Gasteiger partial charge < -0.3 is 15.6 Å². The van der Waals surface area contributed by atoms with Crippen molar-refractivity contribution >= 4 is 34.3 Å². The predicted octanol–water partition coefficient (Wildman–Crippen LogP) is 0.788. The Morgan fingerprint density at radius 2 is 2.25 bits per heavy atom. The zero-order chi connectivity index (χ0) is 17.9. The van der Waals surface area contributed by atoms with E-state index in [1.807, 2.05) is 0 Å². The van der Waals surface area contributed by atoms with Crippen molar-refractivity contribution in [2.75, 3.05) is 12.8 Å². The highest BCUT2D eigenvalue weighted by atomic mass is 32.1. The molecule has 0 saturated carbocycles. The van der Waals surface area contributed by atoms with Crippen molar-refractivity contribution in [3.63, 3.8) is 0 Å². The number of nitro benzene ring substituents is 1. The maximum Gasteiger partial charge on any atom is 0.283 e. The van der Waals surface area contributed by atoms with Gasteiger partial charge in [0.15, 0.2) is 5.13 Å². The lowest BCUT2D eigenvalue weighted by Gasteiger charge is -2.14. The number of rotatable bonds is 5. The molecule has 0 fully saturated rings. The number of nitrogen functional groups attached to an aromatic ring is 1. The third-order valence-electron chi connectivity index (χ3n) is 2.89. The summed E-state index contributed by atoms with van der Waals surface area (Å²) in [5, 5.41) is 26.7. The first kappa shape index (κ1) is 17.1. The molecule has 1 amide bonds. The van der Waals surface area contributed by atoms with Crippen molar-refractivity contribution in [2.24, 2.45) is 5.10 Å². The van der Waals surface area contributed by atoms with Crippen molar-refractivity contribution in [2.45, 2.75) is 6.92 Å². The van der Waals surface area contributed by atoms with E-state index < -0.39 is 16.6 Å². The minimum atomic E-state index is -0.665. The number of hydrazone groups is 1. The molecule has 2 rings (SSSR count). The number of hydrogen-bond donors (Lipinski definition) is 2. The summed E-state index contributed by atoms with van der Waals surface area (Å²) in [4.78, 5) is 26.3. The topological polar surface area (TPSA) is 156 Å². The number of carbonyl (C=O) groups is 1. The van der Waals surface area contributed by atoms with Gasteiger partial charge in [-0.2, -0.15) is 5.10 Å². The Labute approximate surface area is 139 Å². The van der Waals surface area contributed by atoms with Gasteiger partial charge in [-0.05, 0) is 12.5 Å². The van der Waals surface area contributed by atoms with Crippen molar-refractivity contribution < 1.29 is 19.6 Å². The molecule has 1 aromatic carbocycles. The van der Waals surface area contributed by atoms with Gasteiger partial charge in [0.05, 0.1) is 30.0 Å². The van der Waals surface area contributed by atoms with Crippen LogP contribution in [0, 0.1) is 17.0 Å². The van der Waals surface area contributed by atoms with Gasteiger partial charge in [-0.25, -0.2) is 10.4 Å². The van der Waals surface area contributed by atoms with E-state index in [0.29, 0.717) is 5.69 Å². The number of hydrogen-bond acceptors (Lipinski definition) is 9. The molecule has 24 heavy (non-hydrogen) atoms. The first-order valence-corrected chi connectivity index (χ1v) is 7.25. The molecule has 1 heterocycles. The third-order valence-corrected chi connectivity index (χ3v) is 3.87. The number of nitro groups is 1. The Hall–Kier alpha value is -3.21. The molecule has 0 aliphatic carbocycles. The molecular weight excluding hydrogens is 338 g/mol. The Morgan fingerprint density at radius 3 is 2.79 bits per heavy atom. The molecule has 0 spiro atoms. The summed E-state index contributed by atoms with van der Waals surface area (Å²) < 4.78 is 4.81. The molecule has 0 aliphatic rings. The van der Waals surface area contributed by atoms with Crippen LogP contribution in [-0.4, -0.2) is 29.1 Å². The van der Waals surface area contributed by atoms with Crippen LogP contribution in [0.4, 0.5) is 10.8 Å². The predicted molar refractivity (Wildman–Crippen MR) is 85.4 cm³/mol. The van der Waals surface area contributed by atoms with E-state index in [4.69, 9.17) is 10.5 Å². The molecule has 11 heteroatoms. The van der Waals surface area contributed by atoms with E-state index in [0.717, 1.165) is 29.7 Å². The van der Waals surface area contributed by atoms with Gasteiger partial charge in [0.25, 0.3) is 11.6 Å². The lowest BCUT2D eigenvalue weighted by Crippen LogP contribution is -2.17. The lowest BCUT2D eigenvalue weighted by atomic mass is 10.2. The highest BCUT2D eigenvalue weighted by Crippen LogP contribution is 2.31. The fraction of sp³-hybridized carbons (Fsp3) is 0.154. The average molecular weight is 350 g/mol. The number of anilines is 1. The van der Waals surface area contributed by atoms with E-state index in [2.05, 4.69) is 15.5 Å². The first-order chi connectivity index (χ1) is 11.3. The molecular formula is C13H12N5O5S-. The van der Waals surface area contributed by atoms with E-state index in [9.17, 15) is 20.0 Å². The smallest absolute Gasteiger partial charge is 0.283 e. The lowest BCUT2D eigenvalue weighted by molar-refractivity contribution is -0.385. The normalized spacial score (nSPS) is 10.8. The Morgan fingerprint density at radius 1 is 1.54 bits per heavy atom. The Kier molecular flexibility index (Phi) is 4.94. The monoisotopic (exact) mass is 350 g/mol. The summed E-state index contributed by atoms with van der Waals surface area (Å²) in [6, 6.07) is 2.05. The number of carbonyl (C=O) groups excluding carboxylic acids is 1. The second-order valence-electron chi connectivity index (χ2n) is 4.49. The van der Waals surface area contributed by atoms with Gasteiger partial charge in [-0.15, -0.1) is 0 Å². The third kappa shape index (κ3) is 3.57. The van der Waals surface area contributed by atoms with Crippen LogP contribution in [0.2, 0.25) is 0 Å². The molecule has 126 valence electrons. The number of thiazole rings is 1. The van der Waals surface area contributed by atoms with Gasteiger partial charge in [0, 0.05) is 6.07 Å². The fourth-order valence-corrected chi connectivity index (χ4v) is 2.52. The van der Waals surface area contributed by atoms with Crippen LogP contribution in [-0.2, 0) is 0 Å². The molecule has 0 radical (unpaired) electrons. The summed E-state index contributed by atoms with van der Waals surface area (Å²) in [5.74, 6) is -1.33. The molecule has 2 aromatic rings. The number of aryl methyl sites for hydroxylation is 1. The Bertz CT molecular complexity index is 832. The van der Waals surface area contributed by atoms with Gasteiger partial charge in [0.1, 0.15) is 10.6 Å². The summed E-state index contributed by atoms with van der Waals surface area (Å²) in [6.07, 6.45) is 1.01. The van der Waals surface area contributed by atoms with E-state index in [-0.39, 0.29) is 27.0 Å². The number of nitrogens with zero attached hydrogens (tertiary/aromatic N) is 3. The molecule has 3 N–H and O–H groups in total. The van der Waals surface area contributed by atoms with Crippen LogP contribution in [0.25, 0.3) is 0 Å². The second kappa shape index (κ2) is 6.91. The molecule has 1 aromatic heterocycles. The quantitative estimate of drug-likeness (QED) is 0.458. The molecule has 0 saturated heterocycles. The fourth-order valence-electron chi connectivity index (χ4n) is 1.80. The highest BCUT2D eigenvalue weighted by Gasteiger charge is 2.14. The number of nitrogens with two attached hydrogens (primary N) is 1. The molecule has 0 unspecified atom stereocenters. The largest absolute Gasteiger partial charge is 0.870 e. The van der Waals surface area contributed by atoms with Gasteiger partial charge >= 0.3 is 0 Å². The minimum Gasteiger partial charge on any atom is -0.870 e. The van der Waals surface area contributed by atoms with Crippen molar-refractivity contribution in [1.82, 2.24) is 10.4 Å².